The van der Waals surface area contributed by atoms with Crippen LogP contribution in [0.2, 0.25) is 0 Å². The molecule has 0 heterocycles. The fourth-order valence-electron chi connectivity index (χ4n) is 1.13. The minimum atomic E-state index is -0.555. The van der Waals surface area contributed by atoms with Gasteiger partial charge < -0.3 is 10.4 Å². The Labute approximate surface area is 71.0 Å². The van der Waals surface area contributed by atoms with E-state index in [2.05, 4.69) is 5.32 Å². The van der Waals surface area contributed by atoms with Crippen molar-refractivity contribution >= 4 is 0 Å². The zero-order valence-electron chi connectivity index (χ0n) is 7.19. The minimum absolute atomic E-state index is 0.255. The van der Waals surface area contributed by atoms with E-state index < -0.39 is 5.82 Å². The van der Waals surface area contributed by atoms with Crippen LogP contribution in [0.5, 0.6) is 5.75 Å². The second-order valence-electron chi connectivity index (χ2n) is 2.78. The Morgan fingerprint density at radius 1 is 1.50 bits per heavy atom. The largest absolute Gasteiger partial charge is 0.505 e. The second-order valence-corrected chi connectivity index (χ2v) is 2.78. The van der Waals surface area contributed by atoms with Crippen molar-refractivity contribution < 1.29 is 9.50 Å². The van der Waals surface area contributed by atoms with E-state index in [1.165, 1.54) is 6.07 Å². The van der Waals surface area contributed by atoms with Crippen molar-refractivity contribution in [2.45, 2.75) is 13.5 Å². The minimum Gasteiger partial charge on any atom is -0.505 e. The molecule has 1 rings (SSSR count). The predicted molar refractivity (Wildman–Crippen MR) is 45.6 cm³/mol. The van der Waals surface area contributed by atoms with Crippen LogP contribution in [0.4, 0.5) is 4.39 Å². The molecule has 0 unspecified atom stereocenters. The van der Waals surface area contributed by atoms with Gasteiger partial charge >= 0.3 is 0 Å². The molecular formula is C9H12FNO. The van der Waals surface area contributed by atoms with Gasteiger partial charge in [0.2, 0.25) is 0 Å². The van der Waals surface area contributed by atoms with Gasteiger partial charge in [0, 0.05) is 12.1 Å². The van der Waals surface area contributed by atoms with Crippen molar-refractivity contribution in [1.82, 2.24) is 5.32 Å². The Morgan fingerprint density at radius 2 is 2.17 bits per heavy atom. The van der Waals surface area contributed by atoms with Crippen LogP contribution in [0.1, 0.15) is 11.1 Å². The molecule has 0 fully saturated rings. The van der Waals surface area contributed by atoms with Crippen molar-refractivity contribution in [2.75, 3.05) is 7.05 Å². The van der Waals surface area contributed by atoms with Gasteiger partial charge in [-0.25, -0.2) is 4.39 Å². The van der Waals surface area contributed by atoms with E-state index in [0.717, 1.165) is 5.56 Å². The van der Waals surface area contributed by atoms with Gasteiger partial charge in [-0.15, -0.1) is 0 Å². The lowest BCUT2D eigenvalue weighted by Gasteiger charge is -2.05. The van der Waals surface area contributed by atoms with E-state index in [1.807, 2.05) is 0 Å². The fraction of sp³-hybridized carbons (Fsp3) is 0.333. The molecule has 1 aromatic carbocycles. The summed E-state index contributed by atoms with van der Waals surface area (Å²) in [6, 6.07) is 3.07. The average Bonchev–Trinajstić information content (AvgIpc) is 2.00. The number of aromatic hydroxyl groups is 1. The van der Waals surface area contributed by atoms with Gasteiger partial charge in [0.15, 0.2) is 11.6 Å². The van der Waals surface area contributed by atoms with Crippen LogP contribution in [0.3, 0.4) is 0 Å². The number of nitrogens with one attached hydrogen (secondary N) is 1. The molecule has 0 saturated heterocycles. The molecular weight excluding hydrogens is 157 g/mol. The molecule has 0 radical (unpaired) electrons. The van der Waals surface area contributed by atoms with Gasteiger partial charge in [0.25, 0.3) is 0 Å². The van der Waals surface area contributed by atoms with E-state index in [4.69, 9.17) is 0 Å². The molecule has 1 aromatic rings. The first kappa shape index (κ1) is 9.00. The fourth-order valence-corrected chi connectivity index (χ4v) is 1.13. The van der Waals surface area contributed by atoms with Gasteiger partial charge in [-0.05, 0) is 25.6 Å². The highest BCUT2D eigenvalue weighted by molar-refractivity contribution is 5.37. The van der Waals surface area contributed by atoms with E-state index in [0.29, 0.717) is 12.1 Å². The maximum atomic E-state index is 12.9. The summed E-state index contributed by atoms with van der Waals surface area (Å²) in [5, 5.41) is 12.1. The zero-order chi connectivity index (χ0) is 9.14. The number of phenolic OH excluding ortho intramolecular Hbond substituents is 1. The quantitative estimate of drug-likeness (QED) is 0.704. The number of rotatable bonds is 2. The Kier molecular flexibility index (Phi) is 2.65. The lowest BCUT2D eigenvalue weighted by molar-refractivity contribution is 0.424. The van der Waals surface area contributed by atoms with Gasteiger partial charge in [0.1, 0.15) is 0 Å². The first-order valence-corrected chi connectivity index (χ1v) is 3.77. The second kappa shape index (κ2) is 3.54. The van der Waals surface area contributed by atoms with E-state index in [9.17, 15) is 9.50 Å². The molecule has 12 heavy (non-hydrogen) atoms. The number of phenols is 1. The Morgan fingerprint density at radius 3 is 2.75 bits per heavy atom. The van der Waals surface area contributed by atoms with Crippen LogP contribution in [0, 0.1) is 12.7 Å². The topological polar surface area (TPSA) is 32.3 Å². The molecule has 0 spiro atoms. The molecule has 0 saturated carbocycles. The van der Waals surface area contributed by atoms with Crippen LogP contribution < -0.4 is 5.32 Å². The summed E-state index contributed by atoms with van der Waals surface area (Å²) in [4.78, 5) is 0. The molecule has 66 valence electrons. The molecule has 0 aliphatic rings. The van der Waals surface area contributed by atoms with Crippen LogP contribution in [0.25, 0.3) is 0 Å². The molecule has 0 aliphatic carbocycles. The molecule has 0 aromatic heterocycles. The van der Waals surface area contributed by atoms with E-state index in [-0.39, 0.29) is 5.75 Å². The third-order valence-corrected chi connectivity index (χ3v) is 1.65. The highest BCUT2D eigenvalue weighted by Crippen LogP contribution is 2.22. The lowest BCUT2D eigenvalue weighted by atomic mass is 10.1. The SMILES string of the molecule is CNCc1cc(C)cc(F)c1O. The van der Waals surface area contributed by atoms with Crippen molar-refractivity contribution in [3.63, 3.8) is 0 Å². The first-order chi connectivity index (χ1) is 5.65. The lowest BCUT2D eigenvalue weighted by Crippen LogP contribution is -2.06. The van der Waals surface area contributed by atoms with E-state index in [1.54, 1.807) is 20.0 Å². The van der Waals surface area contributed by atoms with Crippen LogP contribution in [-0.2, 0) is 6.54 Å². The number of benzene rings is 1. The highest BCUT2D eigenvalue weighted by Gasteiger charge is 2.06. The van der Waals surface area contributed by atoms with Gasteiger partial charge in [-0.1, -0.05) is 6.07 Å². The number of hydrogen-bond donors (Lipinski definition) is 2. The van der Waals surface area contributed by atoms with Gasteiger partial charge in [0.05, 0.1) is 0 Å². The molecule has 0 bridgehead atoms. The van der Waals surface area contributed by atoms with Gasteiger partial charge in [-0.2, -0.15) is 0 Å². The summed E-state index contributed by atoms with van der Waals surface area (Å²) >= 11 is 0. The summed E-state index contributed by atoms with van der Waals surface area (Å²) in [6.07, 6.45) is 0. The van der Waals surface area contributed by atoms with Gasteiger partial charge in [-0.3, -0.25) is 0 Å². The van der Waals surface area contributed by atoms with Crippen molar-refractivity contribution in [3.05, 3.63) is 29.1 Å². The smallest absolute Gasteiger partial charge is 0.165 e. The number of halogens is 1. The Bertz CT molecular complexity index is 286. The third kappa shape index (κ3) is 1.74. The summed E-state index contributed by atoms with van der Waals surface area (Å²) in [5.41, 5.74) is 1.41. The molecule has 2 N–H and O–H groups in total. The standard InChI is InChI=1S/C9H12FNO/c1-6-3-7(5-11-2)9(12)8(10)4-6/h3-4,11-12H,5H2,1-2H3. The van der Waals surface area contributed by atoms with Crippen molar-refractivity contribution in [1.29, 1.82) is 0 Å². The summed E-state index contributed by atoms with van der Waals surface area (Å²) in [6.45, 7) is 2.27. The first-order valence-electron chi connectivity index (χ1n) is 3.77. The monoisotopic (exact) mass is 169 g/mol. The zero-order valence-corrected chi connectivity index (χ0v) is 7.19. The molecule has 0 amide bonds. The average molecular weight is 169 g/mol. The van der Waals surface area contributed by atoms with E-state index >= 15 is 0 Å². The van der Waals surface area contributed by atoms with Crippen molar-refractivity contribution in [2.24, 2.45) is 0 Å². The third-order valence-electron chi connectivity index (χ3n) is 1.65. The number of aryl methyl sites for hydroxylation is 1. The normalized spacial score (nSPS) is 10.2. The molecule has 0 aliphatic heterocycles. The maximum absolute atomic E-state index is 12.9. The molecule has 2 nitrogen and oxygen atoms in total. The summed E-state index contributed by atoms with van der Waals surface area (Å²) in [7, 11) is 1.75. The van der Waals surface area contributed by atoms with Crippen LogP contribution >= 0.6 is 0 Å². The summed E-state index contributed by atoms with van der Waals surface area (Å²) < 4.78 is 12.9. The Hall–Kier alpha value is -1.09. The molecule has 3 heteroatoms. The predicted octanol–water partition coefficient (Wildman–Crippen LogP) is 1.56. The Balaban J connectivity index is 3.09. The highest BCUT2D eigenvalue weighted by atomic mass is 19.1. The number of hydrogen-bond acceptors (Lipinski definition) is 2. The van der Waals surface area contributed by atoms with Crippen molar-refractivity contribution in [3.8, 4) is 5.75 Å². The summed E-state index contributed by atoms with van der Waals surface area (Å²) in [5.74, 6) is -0.810. The molecule has 0 atom stereocenters. The maximum Gasteiger partial charge on any atom is 0.165 e. The van der Waals surface area contributed by atoms with Crippen LogP contribution in [0.15, 0.2) is 12.1 Å². The van der Waals surface area contributed by atoms with Crippen LogP contribution in [-0.4, -0.2) is 12.2 Å².